The van der Waals surface area contributed by atoms with Crippen LogP contribution in [0.15, 0.2) is 211 Å². The highest BCUT2D eigenvalue weighted by Gasteiger charge is 2.21. The quantitative estimate of drug-likeness (QED) is 0.169. The Labute approximate surface area is 353 Å². The number of hydrogen-bond donors (Lipinski definition) is 0. The van der Waals surface area contributed by atoms with E-state index in [2.05, 4.69) is 30.3 Å². The van der Waals surface area contributed by atoms with Crippen LogP contribution >= 0.6 is 0 Å². The number of hydrogen-bond acceptors (Lipinski definition) is 4. The van der Waals surface area contributed by atoms with Gasteiger partial charge in [-0.2, -0.15) is 0 Å². The Kier molecular flexibility index (Phi) is 6.48. The third-order valence-corrected chi connectivity index (χ3v) is 11.2. The minimum Gasteiger partial charge on any atom is -0.455 e. The van der Waals surface area contributed by atoms with Gasteiger partial charge in [-0.3, -0.25) is 0 Å². The summed E-state index contributed by atoms with van der Waals surface area (Å²) in [5, 5.41) is 4.16. The number of fused-ring (bicyclic) bond motifs is 7. The average molecular weight is 773 g/mol. The van der Waals surface area contributed by atoms with Crippen LogP contribution in [-0.2, 0) is 0 Å². The Morgan fingerprint density at radius 1 is 0.383 bits per heavy atom. The van der Waals surface area contributed by atoms with Crippen molar-refractivity contribution in [1.82, 2.24) is 19.5 Å². The van der Waals surface area contributed by atoms with E-state index in [-0.39, 0.29) is 58.1 Å². The molecule has 60 heavy (non-hydrogen) atoms. The predicted molar refractivity (Wildman–Crippen MR) is 246 cm³/mol. The van der Waals surface area contributed by atoms with Gasteiger partial charge in [0, 0.05) is 49.4 Å². The Balaban J connectivity index is 1.13. The summed E-state index contributed by atoms with van der Waals surface area (Å²) in [4.78, 5) is 15.0. The summed E-state index contributed by atoms with van der Waals surface area (Å²) in [6, 6.07) is 54.0. The van der Waals surface area contributed by atoms with Crippen LogP contribution in [0.1, 0.15) is 8.22 Å². The van der Waals surface area contributed by atoms with Gasteiger partial charge in [0.2, 0.25) is 0 Å². The molecule has 3 aromatic heterocycles. The molecule has 12 rings (SSSR count). The van der Waals surface area contributed by atoms with Crippen LogP contribution < -0.4 is 0 Å². The molecular formula is C55H34N4O. The highest BCUT2D eigenvalue weighted by molar-refractivity contribution is 6.13. The zero-order valence-corrected chi connectivity index (χ0v) is 31.9. The molecule has 0 spiro atoms. The molecule has 0 aliphatic heterocycles. The van der Waals surface area contributed by atoms with Crippen molar-refractivity contribution >= 4 is 54.5 Å². The van der Waals surface area contributed by atoms with E-state index in [0.717, 1.165) is 60.5 Å². The van der Waals surface area contributed by atoms with Crippen LogP contribution in [0.5, 0.6) is 0 Å². The van der Waals surface area contributed by atoms with Crippen molar-refractivity contribution in [2.24, 2.45) is 0 Å². The topological polar surface area (TPSA) is 56.7 Å². The zero-order chi connectivity index (χ0) is 44.8. The molecule has 0 bridgehead atoms. The van der Waals surface area contributed by atoms with E-state index in [1.807, 2.05) is 127 Å². The number of aromatic nitrogens is 4. The fourth-order valence-electron chi connectivity index (χ4n) is 8.50. The lowest BCUT2D eigenvalue weighted by Crippen LogP contribution is -2.01. The highest BCUT2D eigenvalue weighted by Crippen LogP contribution is 2.44. The lowest BCUT2D eigenvalue weighted by atomic mass is 9.91. The second-order valence-electron chi connectivity index (χ2n) is 14.7. The monoisotopic (exact) mass is 772 g/mol. The third-order valence-electron chi connectivity index (χ3n) is 11.2. The SMILES string of the molecule is [2H]c1cc([2H])c2c(c1[2H])c1c([2H])c([2H])cc([2H])c1n2-c1ccc(-c2ccc(-c3nc(-c4ccccc4)nc(-c4ccccc4)n3)c3ccccc23)cc1-c1cccc2c1oc1ccccc12. The first-order valence-electron chi connectivity index (χ1n) is 22.7. The van der Waals surface area contributed by atoms with E-state index in [4.69, 9.17) is 24.9 Å². The molecule has 0 fully saturated rings. The van der Waals surface area contributed by atoms with E-state index in [1.165, 1.54) is 12.1 Å². The first kappa shape index (κ1) is 28.3. The number of furan rings is 1. The lowest BCUT2D eigenvalue weighted by Gasteiger charge is -2.18. The van der Waals surface area contributed by atoms with Gasteiger partial charge in [0.15, 0.2) is 17.5 Å². The summed E-state index contributed by atoms with van der Waals surface area (Å²) in [5.74, 6) is 1.67. The largest absolute Gasteiger partial charge is 0.455 e. The van der Waals surface area contributed by atoms with E-state index >= 15 is 0 Å². The fraction of sp³-hybridized carbons (Fsp3) is 0. The van der Waals surface area contributed by atoms with Crippen molar-refractivity contribution in [3.63, 3.8) is 0 Å². The molecule has 5 nitrogen and oxygen atoms in total. The Bertz CT molecular complexity index is 3830. The zero-order valence-electron chi connectivity index (χ0n) is 37.9. The van der Waals surface area contributed by atoms with Crippen LogP contribution in [0.4, 0.5) is 0 Å². The van der Waals surface area contributed by atoms with Crippen LogP contribution in [0.25, 0.3) is 117 Å². The van der Waals surface area contributed by atoms with E-state index in [0.29, 0.717) is 34.3 Å². The van der Waals surface area contributed by atoms with Crippen molar-refractivity contribution in [1.29, 1.82) is 0 Å². The van der Waals surface area contributed by atoms with Crippen LogP contribution in [0, 0.1) is 0 Å². The highest BCUT2D eigenvalue weighted by atomic mass is 16.3. The van der Waals surface area contributed by atoms with Crippen molar-refractivity contribution < 1.29 is 12.6 Å². The third kappa shape index (κ3) is 5.44. The van der Waals surface area contributed by atoms with Crippen molar-refractivity contribution in [3.8, 4) is 62.1 Å². The summed E-state index contributed by atoms with van der Waals surface area (Å²) < 4.78 is 62.2. The lowest BCUT2D eigenvalue weighted by molar-refractivity contribution is 0.670. The number of rotatable bonds is 6. The van der Waals surface area contributed by atoms with Gasteiger partial charge in [-0.15, -0.1) is 0 Å². The Morgan fingerprint density at radius 2 is 0.950 bits per heavy atom. The molecule has 0 amide bonds. The molecule has 5 heteroatoms. The van der Waals surface area contributed by atoms with Crippen LogP contribution in [0.3, 0.4) is 0 Å². The maximum absolute atomic E-state index is 9.25. The summed E-state index contributed by atoms with van der Waals surface area (Å²) in [5.41, 5.74) is 8.39. The number of nitrogens with zero attached hydrogens (tertiary/aromatic N) is 4. The van der Waals surface area contributed by atoms with Crippen molar-refractivity contribution in [2.75, 3.05) is 0 Å². The molecule has 0 atom stereocenters. The Morgan fingerprint density at radius 3 is 1.63 bits per heavy atom. The summed E-state index contributed by atoms with van der Waals surface area (Å²) in [6.07, 6.45) is 0. The normalized spacial score (nSPS) is 13.1. The first-order valence-corrected chi connectivity index (χ1v) is 19.7. The molecular weight excluding hydrogens is 733 g/mol. The fourth-order valence-corrected chi connectivity index (χ4v) is 8.50. The maximum Gasteiger partial charge on any atom is 0.164 e. The maximum atomic E-state index is 9.25. The summed E-state index contributed by atoms with van der Waals surface area (Å²) in [7, 11) is 0. The smallest absolute Gasteiger partial charge is 0.164 e. The van der Waals surface area contributed by atoms with E-state index < -0.39 is 0 Å². The molecule has 0 N–H and O–H groups in total. The van der Waals surface area contributed by atoms with Crippen molar-refractivity contribution in [2.45, 2.75) is 0 Å². The van der Waals surface area contributed by atoms with Gasteiger partial charge in [-0.1, -0.05) is 170 Å². The summed E-state index contributed by atoms with van der Waals surface area (Å²) >= 11 is 0. The molecule has 280 valence electrons. The van der Waals surface area contributed by atoms with Gasteiger partial charge in [0.25, 0.3) is 0 Å². The van der Waals surface area contributed by atoms with Crippen LogP contribution in [0.2, 0.25) is 0 Å². The molecule has 0 saturated heterocycles. The van der Waals surface area contributed by atoms with Crippen molar-refractivity contribution in [3.05, 3.63) is 206 Å². The van der Waals surface area contributed by atoms with Gasteiger partial charge in [-0.05, 0) is 58.2 Å². The van der Waals surface area contributed by atoms with Gasteiger partial charge in [0.05, 0.1) is 24.9 Å². The molecule has 0 unspecified atom stereocenters. The standard InChI is InChI=1S/C55H34N4O/c1-3-16-35(17-4-1)53-56-54(36-18-5-2-6-19-36)58-55(57-53)46-32-31-38(39-20-7-8-21-40(39)46)37-30-33-50(59-48-27-12-9-22-41(48)42-23-10-13-28-49(42)59)47(34-37)45-26-15-25-44-43-24-11-14-29-51(43)60-52(44)45/h1-34H/i9D,10D,22D,23D,27D,28D. The first-order chi connectivity index (χ1) is 32.2. The summed E-state index contributed by atoms with van der Waals surface area (Å²) in [6.45, 7) is 0. The minimum absolute atomic E-state index is 0.0322. The van der Waals surface area contributed by atoms with Gasteiger partial charge in [-0.25, -0.2) is 15.0 Å². The molecule has 0 aliphatic carbocycles. The molecule has 3 heterocycles. The molecule has 0 aliphatic rings. The van der Waals surface area contributed by atoms with Gasteiger partial charge < -0.3 is 8.98 Å². The van der Waals surface area contributed by atoms with Gasteiger partial charge >= 0.3 is 0 Å². The number of benzene rings is 9. The van der Waals surface area contributed by atoms with Crippen LogP contribution in [-0.4, -0.2) is 19.5 Å². The second kappa shape index (κ2) is 13.8. The predicted octanol–water partition coefficient (Wildman–Crippen LogP) is 14.4. The minimum atomic E-state index is -0.171. The average Bonchev–Trinajstić information content (AvgIpc) is 3.93. The molecule has 0 radical (unpaired) electrons. The molecule has 9 aromatic carbocycles. The van der Waals surface area contributed by atoms with E-state index in [9.17, 15) is 2.74 Å². The molecule has 0 saturated carbocycles. The van der Waals surface area contributed by atoms with Gasteiger partial charge in [0.1, 0.15) is 11.2 Å². The second-order valence-corrected chi connectivity index (χ2v) is 14.7. The number of para-hydroxylation sites is 4. The molecule has 12 aromatic rings. The Hall–Kier alpha value is -8.15. The van der Waals surface area contributed by atoms with E-state index in [1.54, 1.807) is 4.57 Å².